The van der Waals surface area contributed by atoms with E-state index in [1.807, 2.05) is 20.8 Å². The quantitative estimate of drug-likeness (QED) is 0.635. The number of hydrogen-bond donors (Lipinski definition) is 0. The molecule has 0 aliphatic carbocycles. The second-order valence-electron chi connectivity index (χ2n) is 4.31. The molecule has 3 nitrogen and oxygen atoms in total. The molecule has 1 unspecified atom stereocenters. The van der Waals surface area contributed by atoms with Crippen LogP contribution in [0, 0.1) is 5.41 Å². The maximum atomic E-state index is 11.5. The normalized spacial score (nSPS) is 14.0. The predicted octanol–water partition coefficient (Wildman–Crippen LogP) is 1.39. The van der Waals surface area contributed by atoms with Gasteiger partial charge in [0.2, 0.25) is 0 Å². The van der Waals surface area contributed by atoms with Crippen LogP contribution in [0.15, 0.2) is 0 Å². The average molecular weight is 220 g/mol. The summed E-state index contributed by atoms with van der Waals surface area (Å²) < 4.78 is 16.3. The van der Waals surface area contributed by atoms with Crippen molar-refractivity contribution in [3.8, 4) is 0 Å². The number of carbonyl (C=O) groups excluding carboxylic acids is 1. The molecule has 0 spiro atoms. The summed E-state index contributed by atoms with van der Waals surface area (Å²) in [7, 11) is 0.587. The Labute approximate surface area is 88.7 Å². The molecule has 0 aromatic heterocycles. The fourth-order valence-electron chi connectivity index (χ4n) is 0.799. The van der Waals surface area contributed by atoms with Crippen molar-refractivity contribution in [1.82, 2.24) is 0 Å². The van der Waals surface area contributed by atoms with E-state index in [9.17, 15) is 9.00 Å². The van der Waals surface area contributed by atoms with E-state index in [0.717, 1.165) is 6.42 Å². The molecule has 0 saturated heterocycles. The van der Waals surface area contributed by atoms with Crippen LogP contribution in [-0.4, -0.2) is 35.2 Å². The lowest BCUT2D eigenvalue weighted by Crippen LogP contribution is -2.26. The van der Waals surface area contributed by atoms with E-state index in [4.69, 9.17) is 4.74 Å². The summed E-state index contributed by atoms with van der Waals surface area (Å²) in [5.74, 6) is 0.788. The molecule has 0 saturated carbocycles. The zero-order valence-electron chi connectivity index (χ0n) is 9.46. The van der Waals surface area contributed by atoms with Gasteiger partial charge in [0.05, 0.1) is 5.75 Å². The number of Topliss-reactive ketones (excluding diaryl/α,β-unsaturated/α-hetero) is 1. The number of methoxy groups -OCH3 is 1. The molecule has 1 atom stereocenters. The van der Waals surface area contributed by atoms with E-state index in [1.54, 1.807) is 7.11 Å². The van der Waals surface area contributed by atoms with Gasteiger partial charge in [-0.1, -0.05) is 20.8 Å². The number of hydrogen-bond acceptors (Lipinski definition) is 3. The lowest BCUT2D eigenvalue weighted by Gasteiger charge is -2.15. The molecule has 0 fully saturated rings. The third-order valence-electron chi connectivity index (χ3n) is 1.85. The highest BCUT2D eigenvalue weighted by molar-refractivity contribution is 7.85. The first-order valence-electron chi connectivity index (χ1n) is 4.75. The third-order valence-corrected chi connectivity index (χ3v) is 3.18. The van der Waals surface area contributed by atoms with Crippen LogP contribution in [0.3, 0.4) is 0 Å². The van der Waals surface area contributed by atoms with Crippen LogP contribution in [0.25, 0.3) is 0 Å². The molecule has 0 rings (SSSR count). The Morgan fingerprint density at radius 1 is 1.36 bits per heavy atom. The Morgan fingerprint density at radius 3 is 2.36 bits per heavy atom. The van der Waals surface area contributed by atoms with Crippen LogP contribution in [0.5, 0.6) is 0 Å². The zero-order chi connectivity index (χ0) is 11.2. The van der Waals surface area contributed by atoms with Gasteiger partial charge in [-0.05, 0) is 6.42 Å². The van der Waals surface area contributed by atoms with E-state index in [1.165, 1.54) is 0 Å². The number of rotatable bonds is 6. The lowest BCUT2D eigenvalue weighted by molar-refractivity contribution is -0.123. The van der Waals surface area contributed by atoms with E-state index in [0.29, 0.717) is 12.4 Å². The van der Waals surface area contributed by atoms with Crippen LogP contribution in [0.1, 0.15) is 27.2 Å². The Balaban J connectivity index is 3.78. The van der Waals surface area contributed by atoms with Gasteiger partial charge in [0.15, 0.2) is 5.78 Å². The van der Waals surface area contributed by atoms with Gasteiger partial charge in [-0.2, -0.15) is 0 Å². The minimum Gasteiger partial charge on any atom is -0.385 e. The Hall–Kier alpha value is -0.220. The van der Waals surface area contributed by atoms with Gasteiger partial charge < -0.3 is 4.74 Å². The van der Waals surface area contributed by atoms with Crippen LogP contribution >= 0.6 is 0 Å². The Morgan fingerprint density at radius 2 is 1.93 bits per heavy atom. The summed E-state index contributed by atoms with van der Waals surface area (Å²) in [6.45, 7) is 6.15. The van der Waals surface area contributed by atoms with Crippen molar-refractivity contribution in [2.45, 2.75) is 27.2 Å². The molecule has 0 heterocycles. The molecule has 0 aromatic rings. The van der Waals surface area contributed by atoms with Crippen LogP contribution in [0.2, 0.25) is 0 Å². The highest BCUT2D eigenvalue weighted by atomic mass is 32.2. The summed E-state index contributed by atoms with van der Waals surface area (Å²) in [5, 5.41) is 0. The lowest BCUT2D eigenvalue weighted by atomic mass is 9.92. The minimum atomic E-state index is -1.03. The first-order valence-corrected chi connectivity index (χ1v) is 6.24. The number of ether oxygens (including phenoxy) is 1. The molecular formula is C10H20O3S. The molecule has 0 bridgehead atoms. The fourth-order valence-corrected chi connectivity index (χ4v) is 2.11. The molecule has 0 amide bonds. The number of ketones is 1. The summed E-state index contributed by atoms with van der Waals surface area (Å²) >= 11 is 0. The second kappa shape index (κ2) is 6.30. The SMILES string of the molecule is COCCCS(=O)CC(=O)C(C)(C)C. The topological polar surface area (TPSA) is 43.4 Å². The van der Waals surface area contributed by atoms with Gasteiger partial charge in [0.1, 0.15) is 0 Å². The van der Waals surface area contributed by atoms with E-state index >= 15 is 0 Å². The van der Waals surface area contributed by atoms with Crippen molar-refractivity contribution in [2.24, 2.45) is 5.41 Å². The fraction of sp³-hybridized carbons (Fsp3) is 0.900. The van der Waals surface area contributed by atoms with E-state index in [2.05, 4.69) is 0 Å². The maximum absolute atomic E-state index is 11.5. The molecule has 0 aromatic carbocycles. The second-order valence-corrected chi connectivity index (χ2v) is 5.88. The molecule has 0 aliphatic rings. The highest BCUT2D eigenvalue weighted by Gasteiger charge is 2.22. The van der Waals surface area contributed by atoms with Crippen LogP contribution in [0.4, 0.5) is 0 Å². The third kappa shape index (κ3) is 6.27. The number of carbonyl (C=O) groups is 1. The predicted molar refractivity (Wildman–Crippen MR) is 58.8 cm³/mol. The molecule has 0 aliphatic heterocycles. The van der Waals surface area contributed by atoms with Crippen molar-refractivity contribution >= 4 is 16.6 Å². The summed E-state index contributed by atoms with van der Waals surface area (Å²) in [6, 6.07) is 0. The van der Waals surface area contributed by atoms with Crippen molar-refractivity contribution in [1.29, 1.82) is 0 Å². The van der Waals surface area contributed by atoms with Crippen LogP contribution in [-0.2, 0) is 20.3 Å². The van der Waals surface area contributed by atoms with Gasteiger partial charge in [-0.25, -0.2) is 0 Å². The summed E-state index contributed by atoms with van der Waals surface area (Å²) in [4.78, 5) is 11.5. The van der Waals surface area contributed by atoms with Gasteiger partial charge in [-0.3, -0.25) is 9.00 Å². The molecule has 0 N–H and O–H groups in total. The molecular weight excluding hydrogens is 200 g/mol. The zero-order valence-corrected chi connectivity index (χ0v) is 10.3. The van der Waals surface area contributed by atoms with E-state index < -0.39 is 10.8 Å². The highest BCUT2D eigenvalue weighted by Crippen LogP contribution is 2.14. The molecule has 14 heavy (non-hydrogen) atoms. The van der Waals surface area contributed by atoms with E-state index in [-0.39, 0.29) is 17.0 Å². The van der Waals surface area contributed by atoms with Crippen molar-refractivity contribution in [2.75, 3.05) is 25.2 Å². The minimum absolute atomic E-state index is 0.0632. The Kier molecular flexibility index (Phi) is 6.20. The van der Waals surface area contributed by atoms with Crippen molar-refractivity contribution in [3.63, 3.8) is 0 Å². The summed E-state index contributed by atoms with van der Waals surface area (Å²) in [6.07, 6.45) is 0.751. The molecule has 4 heteroatoms. The maximum Gasteiger partial charge on any atom is 0.150 e. The molecule has 0 radical (unpaired) electrons. The first-order chi connectivity index (χ1) is 6.38. The van der Waals surface area contributed by atoms with Gasteiger partial charge >= 0.3 is 0 Å². The van der Waals surface area contributed by atoms with Crippen molar-refractivity contribution in [3.05, 3.63) is 0 Å². The van der Waals surface area contributed by atoms with Gasteiger partial charge in [0.25, 0.3) is 0 Å². The van der Waals surface area contributed by atoms with Gasteiger partial charge in [-0.15, -0.1) is 0 Å². The largest absolute Gasteiger partial charge is 0.385 e. The smallest absolute Gasteiger partial charge is 0.150 e. The average Bonchev–Trinajstić information content (AvgIpc) is 2.03. The first kappa shape index (κ1) is 13.8. The van der Waals surface area contributed by atoms with Crippen molar-refractivity contribution < 1.29 is 13.7 Å². The molecule has 84 valence electrons. The Bertz CT molecular complexity index is 206. The standard InChI is InChI=1S/C10H20O3S/c1-10(2,3)9(11)8-14(12)7-5-6-13-4/h5-8H2,1-4H3. The monoisotopic (exact) mass is 220 g/mol. The summed E-state index contributed by atoms with van der Waals surface area (Å²) in [5.41, 5.74) is -0.378. The van der Waals surface area contributed by atoms with Crippen LogP contribution < -0.4 is 0 Å². The van der Waals surface area contributed by atoms with Gasteiger partial charge in [0, 0.05) is 35.7 Å².